The maximum atomic E-state index is 12.3. The summed E-state index contributed by atoms with van der Waals surface area (Å²) in [6, 6.07) is -0.620. The summed E-state index contributed by atoms with van der Waals surface area (Å²) in [7, 11) is 0. The Morgan fingerprint density at radius 2 is 1.94 bits per heavy atom. The van der Waals surface area contributed by atoms with Gasteiger partial charge in [-0.25, -0.2) is 0 Å². The topological polar surface area (TPSA) is 38.3 Å². The van der Waals surface area contributed by atoms with Gasteiger partial charge in [0.1, 0.15) is 11.6 Å². The summed E-state index contributed by atoms with van der Waals surface area (Å²) in [5, 5.41) is 2.92. The zero-order chi connectivity index (χ0) is 14.0. The number of carbonyl (C=O) groups excluding carboxylic acids is 1. The van der Waals surface area contributed by atoms with Gasteiger partial charge in [0.05, 0.1) is 0 Å². The van der Waals surface area contributed by atoms with Gasteiger partial charge in [0.15, 0.2) is 0 Å². The second kappa shape index (κ2) is 5.47. The molecule has 1 aliphatic rings. The van der Waals surface area contributed by atoms with Crippen molar-refractivity contribution in [1.29, 1.82) is 0 Å². The fourth-order valence-electron chi connectivity index (χ4n) is 2.06. The molecule has 1 heterocycles. The van der Waals surface area contributed by atoms with Crippen molar-refractivity contribution < 1.29 is 22.7 Å². The predicted molar refractivity (Wildman–Crippen MR) is 61.0 cm³/mol. The van der Waals surface area contributed by atoms with Crippen LogP contribution in [0, 0.1) is 5.92 Å². The van der Waals surface area contributed by atoms with Gasteiger partial charge in [-0.3, -0.25) is 4.79 Å². The lowest BCUT2D eigenvalue weighted by Gasteiger charge is -2.31. The molecule has 0 saturated carbocycles. The first-order valence-electron chi connectivity index (χ1n) is 6.10. The number of hydrogen-bond donors (Lipinski definition) is 1. The van der Waals surface area contributed by atoms with E-state index in [0.717, 1.165) is 0 Å². The van der Waals surface area contributed by atoms with Crippen molar-refractivity contribution in [2.24, 2.45) is 5.92 Å². The van der Waals surface area contributed by atoms with Crippen molar-refractivity contribution in [2.45, 2.75) is 57.9 Å². The zero-order valence-corrected chi connectivity index (χ0v) is 10.9. The average molecular weight is 267 g/mol. The lowest BCUT2D eigenvalue weighted by Crippen LogP contribution is -2.46. The molecule has 1 rings (SSSR count). The van der Waals surface area contributed by atoms with Crippen molar-refractivity contribution in [3.63, 3.8) is 0 Å². The van der Waals surface area contributed by atoms with Crippen LogP contribution in [0.5, 0.6) is 0 Å². The van der Waals surface area contributed by atoms with Gasteiger partial charge in [-0.2, -0.15) is 13.2 Å². The van der Waals surface area contributed by atoms with Gasteiger partial charge in [0.2, 0.25) is 0 Å². The Bertz CT molecular complexity index is 297. The Labute approximate surface area is 105 Å². The van der Waals surface area contributed by atoms with Crippen molar-refractivity contribution in [2.75, 3.05) is 6.54 Å². The summed E-state index contributed by atoms with van der Waals surface area (Å²) in [6.07, 6.45) is -4.36. The molecule has 1 saturated heterocycles. The zero-order valence-electron chi connectivity index (χ0n) is 10.9. The van der Waals surface area contributed by atoms with Crippen LogP contribution in [0.1, 0.15) is 40.0 Å². The van der Waals surface area contributed by atoms with E-state index in [1.165, 1.54) is 0 Å². The molecule has 2 atom stereocenters. The molecule has 0 aromatic carbocycles. The van der Waals surface area contributed by atoms with Gasteiger partial charge in [-0.05, 0) is 46.1 Å². The third kappa shape index (κ3) is 5.71. The van der Waals surface area contributed by atoms with Crippen LogP contribution in [0.3, 0.4) is 0 Å². The summed E-state index contributed by atoms with van der Waals surface area (Å²) in [6.45, 7) is 5.63. The van der Waals surface area contributed by atoms with Crippen LogP contribution >= 0.6 is 0 Å². The fourth-order valence-corrected chi connectivity index (χ4v) is 2.06. The van der Waals surface area contributed by atoms with Gasteiger partial charge in [0, 0.05) is 6.42 Å². The Kier molecular flexibility index (Phi) is 4.64. The molecule has 1 N–H and O–H groups in total. The van der Waals surface area contributed by atoms with Gasteiger partial charge in [-0.15, -0.1) is 0 Å². The summed E-state index contributed by atoms with van der Waals surface area (Å²) < 4.78 is 42.1. The molecule has 0 radical (unpaired) electrons. The highest BCUT2D eigenvalue weighted by Gasteiger charge is 2.37. The van der Waals surface area contributed by atoms with E-state index in [0.29, 0.717) is 13.0 Å². The minimum atomic E-state index is -4.17. The monoisotopic (exact) mass is 267 g/mol. The number of alkyl halides is 3. The molecule has 0 aromatic rings. The van der Waals surface area contributed by atoms with Crippen molar-refractivity contribution in [1.82, 2.24) is 5.32 Å². The van der Waals surface area contributed by atoms with E-state index in [4.69, 9.17) is 4.74 Å². The molecule has 0 amide bonds. The minimum absolute atomic E-state index is 0.189. The van der Waals surface area contributed by atoms with E-state index in [9.17, 15) is 18.0 Å². The standard InChI is InChI=1S/C12H20F3NO2/c1-11(2,3)18-10(17)9-6-8(4-5-16-9)7-12(13,14)15/h8-9,16H,4-7H2,1-3H3. The number of nitrogens with one attached hydrogen (secondary N) is 1. The van der Waals surface area contributed by atoms with E-state index < -0.39 is 36.1 Å². The first-order chi connectivity index (χ1) is 8.07. The van der Waals surface area contributed by atoms with Crippen molar-refractivity contribution >= 4 is 5.97 Å². The highest BCUT2D eigenvalue weighted by molar-refractivity contribution is 5.76. The van der Waals surface area contributed by atoms with Crippen LogP contribution in [0.15, 0.2) is 0 Å². The van der Waals surface area contributed by atoms with Crippen LogP contribution < -0.4 is 5.32 Å². The number of rotatable bonds is 2. The summed E-state index contributed by atoms with van der Waals surface area (Å²) in [5.41, 5.74) is -0.615. The SMILES string of the molecule is CC(C)(C)OC(=O)C1CC(CC(F)(F)F)CCN1. The second-order valence-electron chi connectivity index (χ2n) is 5.75. The van der Waals surface area contributed by atoms with E-state index in [1.54, 1.807) is 20.8 Å². The predicted octanol–water partition coefficient (Wildman–Crippen LogP) is 2.65. The number of hydrogen-bond acceptors (Lipinski definition) is 3. The van der Waals surface area contributed by atoms with E-state index >= 15 is 0 Å². The fraction of sp³-hybridized carbons (Fsp3) is 0.917. The maximum Gasteiger partial charge on any atom is 0.389 e. The molecule has 0 aliphatic carbocycles. The quantitative estimate of drug-likeness (QED) is 0.782. The molecule has 0 spiro atoms. The lowest BCUT2D eigenvalue weighted by molar-refractivity contribution is -0.162. The van der Waals surface area contributed by atoms with Crippen LogP contribution in [-0.4, -0.2) is 30.3 Å². The molecule has 3 nitrogen and oxygen atoms in total. The molecular formula is C12H20F3NO2. The van der Waals surface area contributed by atoms with Crippen LogP contribution in [0.2, 0.25) is 0 Å². The average Bonchev–Trinajstić information content (AvgIpc) is 2.12. The van der Waals surface area contributed by atoms with Gasteiger partial charge in [-0.1, -0.05) is 0 Å². The third-order valence-electron chi connectivity index (χ3n) is 2.72. The first kappa shape index (κ1) is 15.3. The Balaban J connectivity index is 2.51. The van der Waals surface area contributed by atoms with Gasteiger partial charge < -0.3 is 10.1 Å². The molecule has 2 unspecified atom stereocenters. The molecule has 1 aliphatic heterocycles. The number of carbonyl (C=O) groups is 1. The maximum absolute atomic E-state index is 12.3. The molecule has 1 fully saturated rings. The molecule has 0 aromatic heterocycles. The number of halogens is 3. The number of ether oxygens (including phenoxy) is 1. The molecule has 6 heteroatoms. The molecular weight excluding hydrogens is 247 g/mol. The van der Waals surface area contributed by atoms with Gasteiger partial charge >= 0.3 is 12.1 Å². The lowest BCUT2D eigenvalue weighted by atomic mass is 9.89. The second-order valence-corrected chi connectivity index (χ2v) is 5.75. The number of piperidine rings is 1. The third-order valence-corrected chi connectivity index (χ3v) is 2.72. The minimum Gasteiger partial charge on any atom is -0.459 e. The smallest absolute Gasteiger partial charge is 0.389 e. The Morgan fingerprint density at radius 1 is 1.33 bits per heavy atom. The highest BCUT2D eigenvalue weighted by atomic mass is 19.4. The van der Waals surface area contributed by atoms with Crippen LogP contribution in [-0.2, 0) is 9.53 Å². The van der Waals surface area contributed by atoms with Crippen LogP contribution in [0.25, 0.3) is 0 Å². The normalized spacial score (nSPS) is 25.9. The van der Waals surface area contributed by atoms with E-state index in [2.05, 4.69) is 5.32 Å². The van der Waals surface area contributed by atoms with Crippen molar-refractivity contribution in [3.8, 4) is 0 Å². The Morgan fingerprint density at radius 3 is 2.44 bits per heavy atom. The largest absolute Gasteiger partial charge is 0.459 e. The van der Waals surface area contributed by atoms with Crippen molar-refractivity contribution in [3.05, 3.63) is 0 Å². The highest BCUT2D eigenvalue weighted by Crippen LogP contribution is 2.31. The van der Waals surface area contributed by atoms with E-state index in [1.807, 2.05) is 0 Å². The molecule has 0 bridgehead atoms. The van der Waals surface area contributed by atoms with E-state index in [-0.39, 0.29) is 6.42 Å². The van der Waals surface area contributed by atoms with Gasteiger partial charge in [0.25, 0.3) is 0 Å². The number of esters is 1. The summed E-state index contributed by atoms with van der Waals surface area (Å²) in [4.78, 5) is 11.8. The summed E-state index contributed by atoms with van der Waals surface area (Å²) >= 11 is 0. The summed E-state index contributed by atoms with van der Waals surface area (Å²) in [5.74, 6) is -0.960. The Hall–Kier alpha value is -0.780. The van der Waals surface area contributed by atoms with Crippen LogP contribution in [0.4, 0.5) is 13.2 Å². The molecule has 106 valence electrons. The first-order valence-corrected chi connectivity index (χ1v) is 6.10. The molecule has 18 heavy (non-hydrogen) atoms.